The Hall–Kier alpha value is -3.33. The molecule has 2 aromatic heterocycles. The molecule has 3 rings (SSSR count). The summed E-state index contributed by atoms with van der Waals surface area (Å²) in [5.41, 5.74) is 13.1. The van der Waals surface area contributed by atoms with Crippen LogP contribution in [0.5, 0.6) is 0 Å². The number of nitrogens with zero attached hydrogens (tertiary/aromatic N) is 3. The van der Waals surface area contributed by atoms with Crippen molar-refractivity contribution < 1.29 is 14.0 Å². The largest absolute Gasteiger partial charge is 0.382 e. The summed E-state index contributed by atoms with van der Waals surface area (Å²) in [5.74, 6) is -1.31. The highest BCUT2D eigenvalue weighted by Crippen LogP contribution is 2.35. The molecule has 28 heavy (non-hydrogen) atoms. The fourth-order valence-electron chi connectivity index (χ4n) is 2.55. The summed E-state index contributed by atoms with van der Waals surface area (Å²) in [4.78, 5) is 34.7. The Morgan fingerprint density at radius 1 is 1.18 bits per heavy atom. The third-order valence-corrected chi connectivity index (χ3v) is 5.20. The Labute approximate surface area is 164 Å². The molecule has 1 atom stereocenters. The van der Waals surface area contributed by atoms with E-state index in [1.807, 2.05) is 6.92 Å². The van der Waals surface area contributed by atoms with Gasteiger partial charge in [-0.15, -0.1) is 0 Å². The van der Waals surface area contributed by atoms with Gasteiger partial charge in [-0.25, -0.2) is 9.37 Å². The molecule has 2 heterocycles. The van der Waals surface area contributed by atoms with Gasteiger partial charge in [0.1, 0.15) is 22.6 Å². The number of halogens is 1. The van der Waals surface area contributed by atoms with Crippen molar-refractivity contribution in [3.63, 3.8) is 0 Å². The predicted octanol–water partition coefficient (Wildman–Crippen LogP) is 2.81. The predicted molar refractivity (Wildman–Crippen MR) is 106 cm³/mol. The highest BCUT2D eigenvalue weighted by atomic mass is 32.1. The van der Waals surface area contributed by atoms with Gasteiger partial charge in [-0.1, -0.05) is 11.3 Å². The summed E-state index contributed by atoms with van der Waals surface area (Å²) < 4.78 is 13.3. The second kappa shape index (κ2) is 7.73. The Morgan fingerprint density at radius 2 is 1.86 bits per heavy atom. The number of thiazole rings is 1. The number of carbonyl (C=O) groups is 2. The van der Waals surface area contributed by atoms with Crippen LogP contribution in [-0.4, -0.2) is 27.7 Å². The SMILES string of the molecule is Cc1ccc(C(=O)c2sc(N(c3ccc(F)cc3)[C@H](C)C(N)=O)nc2N)cn1. The number of carbonyl (C=O) groups excluding carboxylic acids is 2. The standard InChI is InChI=1S/C19H18FN5O2S/c1-10-3-4-12(9-23-10)15(26)16-17(21)24-19(28-16)25(11(2)18(22)27)14-7-5-13(20)6-8-14/h3-9,11H,21H2,1-2H3,(H2,22,27)/t11-/m1/s1. The van der Waals surface area contributed by atoms with Crippen molar-refractivity contribution in [3.05, 3.63) is 64.5 Å². The van der Waals surface area contributed by atoms with Crippen LogP contribution in [-0.2, 0) is 4.79 Å². The second-order valence-electron chi connectivity index (χ2n) is 6.15. The molecule has 0 aliphatic heterocycles. The number of nitrogens with two attached hydrogens (primary N) is 2. The van der Waals surface area contributed by atoms with E-state index < -0.39 is 17.8 Å². The van der Waals surface area contributed by atoms with Crippen molar-refractivity contribution in [1.82, 2.24) is 9.97 Å². The summed E-state index contributed by atoms with van der Waals surface area (Å²) in [6, 6.07) is 8.11. The minimum Gasteiger partial charge on any atom is -0.382 e. The molecule has 0 aliphatic rings. The molecule has 3 aromatic rings. The van der Waals surface area contributed by atoms with Gasteiger partial charge in [0.05, 0.1) is 0 Å². The fourth-order valence-corrected chi connectivity index (χ4v) is 3.60. The number of aryl methyl sites for hydroxylation is 1. The lowest BCUT2D eigenvalue weighted by molar-refractivity contribution is -0.118. The van der Waals surface area contributed by atoms with Gasteiger partial charge in [0.25, 0.3) is 0 Å². The zero-order chi connectivity index (χ0) is 20.4. The number of nitrogen functional groups attached to an aromatic ring is 1. The van der Waals surface area contributed by atoms with Gasteiger partial charge in [-0.3, -0.25) is 14.6 Å². The van der Waals surface area contributed by atoms with Crippen molar-refractivity contribution in [3.8, 4) is 0 Å². The van der Waals surface area contributed by atoms with Crippen LogP contribution in [0.3, 0.4) is 0 Å². The van der Waals surface area contributed by atoms with Crippen LogP contribution in [0.25, 0.3) is 0 Å². The number of rotatable bonds is 6. The van der Waals surface area contributed by atoms with E-state index in [9.17, 15) is 14.0 Å². The Balaban J connectivity index is 2.03. The third-order valence-electron chi connectivity index (χ3n) is 4.13. The van der Waals surface area contributed by atoms with Crippen molar-refractivity contribution in [2.75, 3.05) is 10.6 Å². The molecule has 0 saturated heterocycles. The summed E-state index contributed by atoms with van der Waals surface area (Å²) in [6.07, 6.45) is 1.47. The van der Waals surface area contributed by atoms with Crippen LogP contribution in [0.4, 0.5) is 21.0 Å². The molecule has 0 fully saturated rings. The number of benzene rings is 1. The summed E-state index contributed by atoms with van der Waals surface area (Å²) >= 11 is 1.03. The molecule has 9 heteroatoms. The van der Waals surface area contributed by atoms with Crippen LogP contribution in [0.2, 0.25) is 0 Å². The van der Waals surface area contributed by atoms with Crippen molar-refractivity contribution in [1.29, 1.82) is 0 Å². The molecule has 144 valence electrons. The van der Waals surface area contributed by atoms with E-state index in [0.717, 1.165) is 17.0 Å². The highest BCUT2D eigenvalue weighted by molar-refractivity contribution is 7.18. The maximum Gasteiger partial charge on any atom is 0.240 e. The summed E-state index contributed by atoms with van der Waals surface area (Å²) in [5, 5.41) is 0.304. The van der Waals surface area contributed by atoms with Gasteiger partial charge in [-0.2, -0.15) is 0 Å². The molecule has 0 unspecified atom stereocenters. The zero-order valence-corrected chi connectivity index (χ0v) is 16.0. The Bertz CT molecular complexity index is 1020. The van der Waals surface area contributed by atoms with E-state index in [1.165, 1.54) is 35.4 Å². The minimum absolute atomic E-state index is 0.0364. The fraction of sp³-hybridized carbons (Fsp3) is 0.158. The molecule has 0 spiro atoms. The lowest BCUT2D eigenvalue weighted by Gasteiger charge is -2.26. The molecule has 1 aromatic carbocycles. The van der Waals surface area contributed by atoms with Crippen LogP contribution in [0.1, 0.15) is 27.9 Å². The zero-order valence-electron chi connectivity index (χ0n) is 15.2. The first-order chi connectivity index (χ1) is 13.3. The molecule has 0 aliphatic carbocycles. The maximum atomic E-state index is 13.3. The molecule has 7 nitrogen and oxygen atoms in total. The van der Waals surface area contributed by atoms with E-state index in [2.05, 4.69) is 9.97 Å². The van der Waals surface area contributed by atoms with E-state index in [0.29, 0.717) is 16.4 Å². The average molecular weight is 399 g/mol. The van der Waals surface area contributed by atoms with Gasteiger partial charge in [0, 0.05) is 23.1 Å². The van der Waals surface area contributed by atoms with Gasteiger partial charge in [0.15, 0.2) is 5.13 Å². The first kappa shape index (κ1) is 19.4. The first-order valence-electron chi connectivity index (χ1n) is 8.35. The number of amides is 1. The maximum absolute atomic E-state index is 13.3. The quantitative estimate of drug-likeness (QED) is 0.616. The monoisotopic (exact) mass is 399 g/mol. The number of anilines is 3. The third kappa shape index (κ3) is 3.84. The topological polar surface area (TPSA) is 115 Å². The molecule has 0 bridgehead atoms. The number of pyridine rings is 1. The number of aromatic nitrogens is 2. The second-order valence-corrected chi connectivity index (χ2v) is 7.13. The molecule has 1 amide bonds. The van der Waals surface area contributed by atoms with E-state index in [-0.39, 0.29) is 16.5 Å². The Kier molecular flexibility index (Phi) is 5.36. The molecule has 0 radical (unpaired) electrons. The van der Waals surface area contributed by atoms with Crippen LogP contribution in [0.15, 0.2) is 42.6 Å². The van der Waals surface area contributed by atoms with Crippen LogP contribution >= 0.6 is 11.3 Å². The number of hydrogen-bond acceptors (Lipinski definition) is 7. The van der Waals surface area contributed by atoms with E-state index in [1.54, 1.807) is 19.1 Å². The van der Waals surface area contributed by atoms with Gasteiger partial charge in [-0.05, 0) is 50.2 Å². The van der Waals surface area contributed by atoms with Crippen molar-refractivity contribution in [2.45, 2.75) is 19.9 Å². The Morgan fingerprint density at radius 3 is 2.43 bits per heavy atom. The van der Waals surface area contributed by atoms with E-state index in [4.69, 9.17) is 11.5 Å². The number of ketones is 1. The average Bonchev–Trinajstić information content (AvgIpc) is 3.04. The van der Waals surface area contributed by atoms with Crippen LogP contribution in [0, 0.1) is 12.7 Å². The normalized spacial score (nSPS) is 11.8. The summed E-state index contributed by atoms with van der Waals surface area (Å²) in [6.45, 7) is 3.41. The van der Waals surface area contributed by atoms with Crippen molar-refractivity contribution in [2.24, 2.45) is 5.73 Å². The first-order valence-corrected chi connectivity index (χ1v) is 9.17. The van der Waals surface area contributed by atoms with Gasteiger partial charge in [0.2, 0.25) is 11.7 Å². The van der Waals surface area contributed by atoms with Crippen molar-refractivity contribution >= 4 is 39.7 Å². The lowest BCUT2D eigenvalue weighted by atomic mass is 10.1. The van der Waals surface area contributed by atoms with Gasteiger partial charge >= 0.3 is 0 Å². The van der Waals surface area contributed by atoms with Crippen LogP contribution < -0.4 is 16.4 Å². The smallest absolute Gasteiger partial charge is 0.240 e. The van der Waals surface area contributed by atoms with Gasteiger partial charge < -0.3 is 16.4 Å². The lowest BCUT2D eigenvalue weighted by Crippen LogP contribution is -2.39. The minimum atomic E-state index is -0.792. The highest BCUT2D eigenvalue weighted by Gasteiger charge is 2.27. The molecule has 0 saturated carbocycles. The molecular weight excluding hydrogens is 381 g/mol. The van der Waals surface area contributed by atoms with E-state index >= 15 is 0 Å². The number of hydrogen-bond donors (Lipinski definition) is 2. The molecule has 4 N–H and O–H groups in total. The summed E-state index contributed by atoms with van der Waals surface area (Å²) in [7, 11) is 0. The molecular formula is C19H18FN5O2S. The number of primary amides is 1.